The van der Waals surface area contributed by atoms with E-state index < -0.39 is 0 Å². The predicted octanol–water partition coefficient (Wildman–Crippen LogP) is 0.755. The third-order valence-electron chi connectivity index (χ3n) is 4.46. The Morgan fingerprint density at radius 2 is 1.71 bits per heavy atom. The maximum absolute atomic E-state index is 9.61. The van der Waals surface area contributed by atoms with Gasteiger partial charge in [-0.3, -0.25) is 0 Å². The number of nitrogens with two attached hydrogens (primary N) is 1. The average Bonchev–Trinajstić information content (AvgIpc) is 2.73. The molecule has 0 aliphatic carbocycles. The van der Waals surface area contributed by atoms with Gasteiger partial charge in [-0.25, -0.2) is 9.97 Å². The SMILES string of the molecule is N[C@H]1CCCCN(c2cc(N3CCC(O)CC3)ncn2)C1. The zero-order valence-electron chi connectivity index (χ0n) is 12.5. The summed E-state index contributed by atoms with van der Waals surface area (Å²) < 4.78 is 0. The fourth-order valence-electron chi connectivity index (χ4n) is 3.16. The molecular weight excluding hydrogens is 266 g/mol. The van der Waals surface area contributed by atoms with Crippen molar-refractivity contribution in [3.8, 4) is 0 Å². The number of aliphatic hydroxyl groups is 1. The summed E-state index contributed by atoms with van der Waals surface area (Å²) in [6.07, 6.45) is 6.57. The largest absolute Gasteiger partial charge is 0.393 e. The Labute approximate surface area is 126 Å². The first kappa shape index (κ1) is 14.5. The van der Waals surface area contributed by atoms with Gasteiger partial charge >= 0.3 is 0 Å². The summed E-state index contributed by atoms with van der Waals surface area (Å²) >= 11 is 0. The fraction of sp³-hybridized carbons (Fsp3) is 0.733. The molecule has 0 amide bonds. The Hall–Kier alpha value is -1.40. The summed E-state index contributed by atoms with van der Waals surface area (Å²) in [5.74, 6) is 1.94. The molecule has 1 aromatic rings. The molecule has 0 bridgehead atoms. The first-order valence-electron chi connectivity index (χ1n) is 7.98. The van der Waals surface area contributed by atoms with E-state index in [1.165, 1.54) is 12.8 Å². The van der Waals surface area contributed by atoms with Gasteiger partial charge in [-0.05, 0) is 25.7 Å². The van der Waals surface area contributed by atoms with Crippen LogP contribution in [0.4, 0.5) is 11.6 Å². The molecular formula is C15H25N5O. The molecule has 3 heterocycles. The van der Waals surface area contributed by atoms with Crippen molar-refractivity contribution in [3.63, 3.8) is 0 Å². The molecule has 6 heteroatoms. The molecule has 0 radical (unpaired) electrons. The van der Waals surface area contributed by atoms with Crippen molar-refractivity contribution < 1.29 is 5.11 Å². The molecule has 1 atom stereocenters. The summed E-state index contributed by atoms with van der Waals surface area (Å²) in [5, 5.41) is 9.61. The van der Waals surface area contributed by atoms with Crippen LogP contribution in [0.2, 0.25) is 0 Å². The Kier molecular flexibility index (Phi) is 4.55. The van der Waals surface area contributed by atoms with Crippen molar-refractivity contribution in [2.45, 2.75) is 44.2 Å². The van der Waals surface area contributed by atoms with Crippen LogP contribution >= 0.6 is 0 Å². The second-order valence-corrected chi connectivity index (χ2v) is 6.15. The summed E-state index contributed by atoms with van der Waals surface area (Å²) in [7, 11) is 0. The number of nitrogens with zero attached hydrogens (tertiary/aromatic N) is 4. The number of hydrogen-bond donors (Lipinski definition) is 2. The highest BCUT2D eigenvalue weighted by Gasteiger charge is 2.20. The molecule has 116 valence electrons. The summed E-state index contributed by atoms with van der Waals surface area (Å²) in [4.78, 5) is 13.3. The molecule has 0 spiro atoms. The molecule has 0 aromatic carbocycles. The number of aliphatic hydroxyl groups excluding tert-OH is 1. The second-order valence-electron chi connectivity index (χ2n) is 6.15. The maximum atomic E-state index is 9.61. The van der Waals surface area contributed by atoms with E-state index in [0.29, 0.717) is 0 Å². The third kappa shape index (κ3) is 3.63. The monoisotopic (exact) mass is 291 g/mol. The zero-order valence-corrected chi connectivity index (χ0v) is 12.5. The lowest BCUT2D eigenvalue weighted by Crippen LogP contribution is -2.38. The molecule has 2 saturated heterocycles. The minimum atomic E-state index is -0.161. The van der Waals surface area contributed by atoms with Crippen molar-refractivity contribution in [2.24, 2.45) is 5.73 Å². The van der Waals surface area contributed by atoms with E-state index in [9.17, 15) is 5.11 Å². The smallest absolute Gasteiger partial charge is 0.134 e. The van der Waals surface area contributed by atoms with Gasteiger partial charge in [0.15, 0.2) is 0 Å². The Morgan fingerprint density at radius 1 is 1.00 bits per heavy atom. The lowest BCUT2D eigenvalue weighted by Gasteiger charge is -2.31. The number of aromatic nitrogens is 2. The number of piperidine rings is 1. The van der Waals surface area contributed by atoms with Crippen LogP contribution in [0, 0.1) is 0 Å². The minimum Gasteiger partial charge on any atom is -0.393 e. The number of rotatable bonds is 2. The molecule has 6 nitrogen and oxygen atoms in total. The Bertz CT molecular complexity index is 461. The number of anilines is 2. The highest BCUT2D eigenvalue weighted by atomic mass is 16.3. The van der Waals surface area contributed by atoms with Crippen molar-refractivity contribution in [2.75, 3.05) is 36.0 Å². The Morgan fingerprint density at radius 3 is 2.48 bits per heavy atom. The molecule has 2 aliphatic heterocycles. The first-order chi connectivity index (χ1) is 10.2. The van der Waals surface area contributed by atoms with Gasteiger partial charge in [0.05, 0.1) is 6.10 Å². The average molecular weight is 291 g/mol. The van der Waals surface area contributed by atoms with Crippen molar-refractivity contribution in [1.29, 1.82) is 0 Å². The fourth-order valence-corrected chi connectivity index (χ4v) is 3.16. The van der Waals surface area contributed by atoms with Crippen molar-refractivity contribution >= 4 is 11.6 Å². The van der Waals surface area contributed by atoms with E-state index in [1.54, 1.807) is 6.33 Å². The lowest BCUT2D eigenvalue weighted by atomic mass is 10.1. The van der Waals surface area contributed by atoms with Crippen molar-refractivity contribution in [3.05, 3.63) is 12.4 Å². The van der Waals surface area contributed by atoms with E-state index in [-0.39, 0.29) is 12.1 Å². The van der Waals surface area contributed by atoms with Crippen LogP contribution in [0.25, 0.3) is 0 Å². The van der Waals surface area contributed by atoms with E-state index in [4.69, 9.17) is 5.73 Å². The molecule has 2 aliphatic rings. The van der Waals surface area contributed by atoms with Crippen LogP contribution in [0.1, 0.15) is 32.1 Å². The standard InChI is InChI=1S/C15H25N5O/c16-12-3-1-2-6-20(10-12)15-9-14(17-11-18-15)19-7-4-13(21)5-8-19/h9,11-13,21H,1-8,10,16H2/t12-/m0/s1. The quantitative estimate of drug-likeness (QED) is 0.837. The zero-order chi connectivity index (χ0) is 14.7. The summed E-state index contributed by atoms with van der Waals surface area (Å²) in [6, 6.07) is 2.30. The maximum Gasteiger partial charge on any atom is 0.134 e. The van der Waals surface area contributed by atoms with Gasteiger partial charge in [-0.1, -0.05) is 6.42 Å². The second kappa shape index (κ2) is 6.58. The van der Waals surface area contributed by atoms with E-state index in [2.05, 4.69) is 25.8 Å². The lowest BCUT2D eigenvalue weighted by molar-refractivity contribution is 0.145. The van der Waals surface area contributed by atoms with Crippen LogP contribution in [0.15, 0.2) is 12.4 Å². The van der Waals surface area contributed by atoms with Gasteiger partial charge in [-0.2, -0.15) is 0 Å². The van der Waals surface area contributed by atoms with Crippen LogP contribution in [0.3, 0.4) is 0 Å². The highest BCUT2D eigenvalue weighted by molar-refractivity contribution is 5.50. The summed E-state index contributed by atoms with van der Waals surface area (Å²) in [5.41, 5.74) is 6.14. The van der Waals surface area contributed by atoms with E-state index >= 15 is 0 Å². The summed E-state index contributed by atoms with van der Waals surface area (Å²) in [6.45, 7) is 3.60. The van der Waals surface area contributed by atoms with Gasteiger partial charge in [0.1, 0.15) is 18.0 Å². The molecule has 3 rings (SSSR count). The number of hydrogen-bond acceptors (Lipinski definition) is 6. The third-order valence-corrected chi connectivity index (χ3v) is 4.46. The van der Waals surface area contributed by atoms with Gasteiger partial charge in [-0.15, -0.1) is 0 Å². The topological polar surface area (TPSA) is 78.5 Å². The molecule has 2 fully saturated rings. The van der Waals surface area contributed by atoms with Gasteiger partial charge in [0.25, 0.3) is 0 Å². The van der Waals surface area contributed by atoms with Crippen molar-refractivity contribution in [1.82, 2.24) is 9.97 Å². The molecule has 0 unspecified atom stereocenters. The predicted molar refractivity (Wildman–Crippen MR) is 83.5 cm³/mol. The molecule has 1 aromatic heterocycles. The van der Waals surface area contributed by atoms with Crippen LogP contribution in [0.5, 0.6) is 0 Å². The Balaban J connectivity index is 1.73. The normalized spacial score (nSPS) is 25.0. The van der Waals surface area contributed by atoms with Gasteiger partial charge in [0, 0.05) is 38.3 Å². The van der Waals surface area contributed by atoms with Crippen LogP contribution in [-0.4, -0.2) is 53.4 Å². The van der Waals surface area contributed by atoms with Crippen LogP contribution in [-0.2, 0) is 0 Å². The molecule has 3 N–H and O–H groups in total. The van der Waals surface area contributed by atoms with Crippen LogP contribution < -0.4 is 15.5 Å². The van der Waals surface area contributed by atoms with Gasteiger partial charge < -0.3 is 20.6 Å². The van der Waals surface area contributed by atoms with E-state index in [0.717, 1.165) is 57.1 Å². The molecule has 0 saturated carbocycles. The van der Waals surface area contributed by atoms with Gasteiger partial charge in [0.2, 0.25) is 0 Å². The molecule has 21 heavy (non-hydrogen) atoms. The highest BCUT2D eigenvalue weighted by Crippen LogP contribution is 2.23. The van der Waals surface area contributed by atoms with E-state index in [1.807, 2.05) is 0 Å². The minimum absolute atomic E-state index is 0.161. The first-order valence-corrected chi connectivity index (χ1v) is 7.98.